The monoisotopic (exact) mass is 900 g/mol. The molecule has 0 spiro atoms. The van der Waals surface area contributed by atoms with Gasteiger partial charge in [-0.25, -0.2) is 13.1 Å². The topological polar surface area (TPSA) is 156 Å². The van der Waals surface area contributed by atoms with Crippen LogP contribution in [0.25, 0.3) is 5.57 Å². The third-order valence-corrected chi connectivity index (χ3v) is 13.9. The molecular formula is C47H57ClN6O8S. The number of rotatable bonds is 15. The standard InChI is InChI=1S/C47H57ClN6O8S/c1-32-42(61-31-60-5)9-8-10-43(32)62-44-27-36(53-25-23-52(24-26-53)30-34-20-21-47(2,3)29-39(34)33-12-14-35(48)15-13-33)16-18-38(44)46(55)50-63(58,59)37-17-19-40(41(28-37)54(56)57)49-45-11-6-7-22-51(45)4/h8-10,12-19,27-28,45,49H,6-7,11,20-26,29-31H2,1-5H3,(H,50,55). The van der Waals surface area contributed by atoms with E-state index in [2.05, 4.69) is 50.7 Å². The van der Waals surface area contributed by atoms with Crippen molar-refractivity contribution in [2.24, 2.45) is 5.41 Å². The minimum atomic E-state index is -4.58. The first-order chi connectivity index (χ1) is 30.1. The van der Waals surface area contributed by atoms with E-state index >= 15 is 0 Å². The first-order valence-corrected chi connectivity index (χ1v) is 23.3. The Morgan fingerprint density at radius 1 is 0.952 bits per heavy atom. The first-order valence-electron chi connectivity index (χ1n) is 21.4. The molecule has 1 aliphatic carbocycles. The number of sulfonamides is 1. The summed E-state index contributed by atoms with van der Waals surface area (Å²) in [5.41, 5.74) is 5.51. The SMILES string of the molecule is COCOc1cccc(Oc2cc(N3CCN(CC4=C(c5ccc(Cl)cc5)CC(C)(C)CC4)CC3)ccc2C(=O)NS(=O)(=O)c2ccc(NC3CCCCN3C)c([N+](=O)[O-])c2)c1C. The molecule has 2 aliphatic heterocycles. The molecule has 336 valence electrons. The number of anilines is 2. The molecule has 0 aromatic heterocycles. The Kier molecular flexibility index (Phi) is 14.3. The van der Waals surface area contributed by atoms with Gasteiger partial charge in [0.1, 0.15) is 22.9 Å². The molecule has 3 aliphatic rings. The average Bonchev–Trinajstić information content (AvgIpc) is 3.25. The van der Waals surface area contributed by atoms with Crippen LogP contribution in [0.4, 0.5) is 17.1 Å². The molecule has 14 nitrogen and oxygen atoms in total. The van der Waals surface area contributed by atoms with Gasteiger partial charge in [0, 0.05) is 68.2 Å². The van der Waals surface area contributed by atoms with Gasteiger partial charge in [0.2, 0.25) is 0 Å². The molecule has 2 N–H and O–H groups in total. The number of ether oxygens (including phenoxy) is 3. The van der Waals surface area contributed by atoms with Crippen molar-refractivity contribution in [2.45, 2.75) is 70.4 Å². The van der Waals surface area contributed by atoms with Gasteiger partial charge < -0.3 is 24.4 Å². The van der Waals surface area contributed by atoms with E-state index in [0.29, 0.717) is 30.2 Å². The van der Waals surface area contributed by atoms with E-state index in [1.54, 1.807) is 36.4 Å². The van der Waals surface area contributed by atoms with Gasteiger partial charge in [0.15, 0.2) is 6.79 Å². The van der Waals surface area contributed by atoms with Crippen molar-refractivity contribution >= 4 is 50.2 Å². The number of amides is 1. The summed E-state index contributed by atoms with van der Waals surface area (Å²) < 4.78 is 47.0. The molecule has 7 rings (SSSR count). The Labute approximate surface area is 375 Å². The lowest BCUT2D eigenvalue weighted by Gasteiger charge is -2.39. The predicted molar refractivity (Wildman–Crippen MR) is 246 cm³/mol. The number of piperidine rings is 1. The Balaban J connectivity index is 1.12. The van der Waals surface area contributed by atoms with Gasteiger partial charge in [-0.3, -0.25) is 24.7 Å². The van der Waals surface area contributed by atoms with Gasteiger partial charge in [-0.1, -0.05) is 49.2 Å². The normalized spacial score (nSPS) is 18.5. The summed E-state index contributed by atoms with van der Waals surface area (Å²) in [5, 5.41) is 16.1. The first kappa shape index (κ1) is 45.8. The van der Waals surface area contributed by atoms with Crippen LogP contribution in [0.15, 0.2) is 89.3 Å². The van der Waals surface area contributed by atoms with Crippen molar-refractivity contribution in [1.29, 1.82) is 0 Å². The van der Waals surface area contributed by atoms with E-state index in [1.807, 2.05) is 26.1 Å². The third-order valence-electron chi connectivity index (χ3n) is 12.3. The summed E-state index contributed by atoms with van der Waals surface area (Å²) in [6.45, 7) is 11.3. The van der Waals surface area contributed by atoms with Crippen molar-refractivity contribution in [3.05, 3.63) is 116 Å². The highest BCUT2D eigenvalue weighted by Gasteiger charge is 2.31. The minimum Gasteiger partial charge on any atom is -0.467 e. The Morgan fingerprint density at radius 2 is 1.70 bits per heavy atom. The van der Waals surface area contributed by atoms with Crippen LogP contribution in [0.3, 0.4) is 0 Å². The Hall–Kier alpha value is -5.19. The summed E-state index contributed by atoms with van der Waals surface area (Å²) >= 11 is 6.25. The molecule has 0 bridgehead atoms. The number of nitro groups is 1. The number of carbonyl (C=O) groups is 1. The molecule has 2 heterocycles. The van der Waals surface area contributed by atoms with Gasteiger partial charge >= 0.3 is 0 Å². The third kappa shape index (κ3) is 11.1. The number of hydrogen-bond acceptors (Lipinski definition) is 12. The van der Waals surface area contributed by atoms with Gasteiger partial charge in [-0.15, -0.1) is 0 Å². The Bertz CT molecular complexity index is 2450. The van der Waals surface area contributed by atoms with Crippen molar-refractivity contribution in [1.82, 2.24) is 14.5 Å². The van der Waals surface area contributed by atoms with Crippen LogP contribution in [-0.2, 0) is 14.8 Å². The van der Waals surface area contributed by atoms with E-state index in [-0.39, 0.29) is 35.4 Å². The van der Waals surface area contributed by atoms with Crippen LogP contribution < -0.4 is 24.4 Å². The van der Waals surface area contributed by atoms with E-state index < -0.39 is 31.4 Å². The van der Waals surface area contributed by atoms with Gasteiger partial charge in [0.05, 0.1) is 21.5 Å². The molecule has 1 unspecified atom stereocenters. The van der Waals surface area contributed by atoms with Crippen molar-refractivity contribution < 1.29 is 32.3 Å². The van der Waals surface area contributed by atoms with Gasteiger partial charge in [0.25, 0.3) is 21.6 Å². The Morgan fingerprint density at radius 3 is 2.41 bits per heavy atom. The molecule has 0 saturated carbocycles. The molecule has 2 saturated heterocycles. The van der Waals surface area contributed by atoms with Crippen molar-refractivity contribution in [3.63, 3.8) is 0 Å². The lowest BCUT2D eigenvalue weighted by Crippen LogP contribution is -2.47. The second-order valence-electron chi connectivity index (χ2n) is 17.4. The lowest BCUT2D eigenvalue weighted by molar-refractivity contribution is -0.384. The number of nitro benzene ring substituents is 1. The summed E-state index contributed by atoms with van der Waals surface area (Å²) in [4.78, 5) is 32.0. The van der Waals surface area contributed by atoms with Crippen molar-refractivity contribution in [2.75, 3.05) is 70.4 Å². The number of likely N-dealkylation sites (tertiary alicyclic amines) is 1. The zero-order chi connectivity index (χ0) is 44.9. The van der Waals surface area contributed by atoms with Crippen LogP contribution in [0, 0.1) is 22.5 Å². The molecule has 4 aromatic carbocycles. The van der Waals surface area contributed by atoms with Crippen LogP contribution in [0.5, 0.6) is 17.2 Å². The fraction of sp³-hybridized carbons (Fsp3) is 0.426. The summed E-state index contributed by atoms with van der Waals surface area (Å²) in [6, 6.07) is 22.1. The molecule has 2 fully saturated rings. The maximum absolute atomic E-state index is 14.0. The minimum absolute atomic E-state index is 0.0157. The molecule has 16 heteroatoms. The van der Waals surface area contributed by atoms with Crippen molar-refractivity contribution in [3.8, 4) is 17.2 Å². The highest BCUT2D eigenvalue weighted by molar-refractivity contribution is 7.90. The fourth-order valence-electron chi connectivity index (χ4n) is 8.60. The summed E-state index contributed by atoms with van der Waals surface area (Å²) in [7, 11) is -1.12. The quantitative estimate of drug-likeness (QED) is 0.0664. The number of hydrogen-bond donors (Lipinski definition) is 2. The van der Waals surface area contributed by atoms with Crippen LogP contribution in [0.2, 0.25) is 5.02 Å². The summed E-state index contributed by atoms with van der Waals surface area (Å²) in [6.07, 6.45) is 5.83. The molecule has 63 heavy (non-hydrogen) atoms. The predicted octanol–water partition coefficient (Wildman–Crippen LogP) is 9.09. The van der Waals surface area contributed by atoms with E-state index in [1.165, 1.54) is 36.0 Å². The second-order valence-corrected chi connectivity index (χ2v) is 19.5. The fourth-order valence-corrected chi connectivity index (χ4v) is 9.72. The number of nitrogens with zero attached hydrogens (tertiary/aromatic N) is 4. The molecule has 0 radical (unpaired) electrons. The smallest absolute Gasteiger partial charge is 0.293 e. The molecule has 1 amide bonds. The molecule has 1 atom stereocenters. The highest BCUT2D eigenvalue weighted by atomic mass is 35.5. The second kappa shape index (κ2) is 19.7. The number of benzene rings is 4. The number of nitrogens with one attached hydrogen (secondary N) is 2. The van der Waals surface area contributed by atoms with Gasteiger partial charge in [-0.2, -0.15) is 0 Å². The number of allylic oxidation sites excluding steroid dienone is 1. The summed E-state index contributed by atoms with van der Waals surface area (Å²) in [5.74, 6) is 0.0743. The number of carbonyl (C=O) groups excluding carboxylic acids is 1. The number of methoxy groups -OCH3 is 1. The zero-order valence-corrected chi connectivity index (χ0v) is 38.2. The number of piperazine rings is 1. The van der Waals surface area contributed by atoms with Crippen LogP contribution in [-0.4, -0.2) is 95.4 Å². The van der Waals surface area contributed by atoms with E-state index in [4.69, 9.17) is 25.8 Å². The van der Waals surface area contributed by atoms with Gasteiger partial charge in [-0.05, 0) is 124 Å². The maximum atomic E-state index is 14.0. The molecular weight excluding hydrogens is 844 g/mol. The number of halogens is 1. The maximum Gasteiger partial charge on any atom is 0.293 e. The average molecular weight is 902 g/mol. The largest absolute Gasteiger partial charge is 0.467 e. The zero-order valence-electron chi connectivity index (χ0n) is 36.6. The van der Waals surface area contributed by atoms with E-state index in [9.17, 15) is 23.3 Å². The van der Waals surface area contributed by atoms with Crippen LogP contribution >= 0.6 is 11.6 Å². The molecule has 4 aromatic rings. The highest BCUT2D eigenvalue weighted by Crippen LogP contribution is 2.44. The van der Waals surface area contributed by atoms with E-state index in [0.717, 1.165) is 81.5 Å². The van der Waals surface area contributed by atoms with Crippen LogP contribution in [0.1, 0.15) is 73.9 Å². The lowest BCUT2D eigenvalue weighted by atomic mass is 9.72.